The highest BCUT2D eigenvalue weighted by Crippen LogP contribution is 2.34. The van der Waals surface area contributed by atoms with Gasteiger partial charge in [-0.15, -0.1) is 0 Å². The van der Waals surface area contributed by atoms with Gasteiger partial charge in [-0.2, -0.15) is 0 Å². The molecule has 0 fully saturated rings. The Morgan fingerprint density at radius 3 is 2.57 bits per heavy atom. The van der Waals surface area contributed by atoms with Crippen molar-refractivity contribution in [3.63, 3.8) is 0 Å². The Balaban J connectivity index is 2.48. The Morgan fingerprint density at radius 1 is 1.19 bits per heavy atom. The van der Waals surface area contributed by atoms with Crippen molar-refractivity contribution in [2.45, 2.75) is 13.8 Å². The van der Waals surface area contributed by atoms with Crippen LogP contribution in [-0.2, 0) is 0 Å². The highest BCUT2D eigenvalue weighted by Gasteiger charge is 2.21. The molecular weight excluding hydrogens is 342 g/mol. The number of nitrogens with zero attached hydrogens (tertiary/aromatic N) is 3. The number of nitrogen functional groups attached to an aromatic ring is 1. The molecule has 0 atom stereocenters. The van der Waals surface area contributed by atoms with E-state index in [1.54, 1.807) is 4.57 Å². The summed E-state index contributed by atoms with van der Waals surface area (Å²) in [7, 11) is 0. The molecule has 2 heterocycles. The average Bonchev–Trinajstić information content (AvgIpc) is 2.64. The first kappa shape index (κ1) is 13.9. The summed E-state index contributed by atoms with van der Waals surface area (Å²) in [5, 5.41) is 0.672. The van der Waals surface area contributed by atoms with Gasteiger partial charge in [0.15, 0.2) is 11.5 Å². The van der Waals surface area contributed by atoms with Crippen LogP contribution < -0.4 is 5.73 Å². The smallest absolute Gasteiger partial charge is 0.151 e. The van der Waals surface area contributed by atoms with Crippen LogP contribution in [0.3, 0.4) is 0 Å². The fourth-order valence-electron chi connectivity index (χ4n) is 2.45. The van der Waals surface area contributed by atoms with Gasteiger partial charge in [-0.05, 0) is 41.4 Å². The molecule has 4 nitrogen and oxygen atoms in total. The van der Waals surface area contributed by atoms with E-state index in [2.05, 4.69) is 25.9 Å². The topological polar surface area (TPSA) is 56.7 Å². The molecule has 0 saturated carbocycles. The summed E-state index contributed by atoms with van der Waals surface area (Å²) in [4.78, 5) is 8.16. The van der Waals surface area contributed by atoms with Crippen LogP contribution >= 0.6 is 15.9 Å². The minimum atomic E-state index is -0.681. The summed E-state index contributed by atoms with van der Waals surface area (Å²) in [6.45, 7) is 3.69. The third kappa shape index (κ3) is 1.99. The molecule has 0 bridgehead atoms. The van der Waals surface area contributed by atoms with E-state index in [4.69, 9.17) is 5.73 Å². The standard InChI is InChI=1S/C14H11BrF2N4/c1-6-7(2)21(14-11(6)13(18)19-5-20-14)12-9(15)3-8(16)4-10(12)17/h3-5H,1-2H3,(H2,18,19,20). The Labute approximate surface area is 127 Å². The van der Waals surface area contributed by atoms with Gasteiger partial charge in [0.25, 0.3) is 0 Å². The van der Waals surface area contributed by atoms with Gasteiger partial charge in [0.2, 0.25) is 0 Å². The zero-order chi connectivity index (χ0) is 15.3. The summed E-state index contributed by atoms with van der Waals surface area (Å²) in [5.74, 6) is -1.000. The number of aryl methyl sites for hydroxylation is 1. The van der Waals surface area contributed by atoms with Gasteiger partial charge < -0.3 is 5.73 Å². The summed E-state index contributed by atoms with van der Waals surface area (Å²) in [6, 6.07) is 2.05. The van der Waals surface area contributed by atoms with Crippen LogP contribution in [0.2, 0.25) is 0 Å². The molecule has 3 rings (SSSR count). The van der Waals surface area contributed by atoms with Crippen LogP contribution in [0.5, 0.6) is 0 Å². The lowest BCUT2D eigenvalue weighted by atomic mass is 10.2. The van der Waals surface area contributed by atoms with E-state index in [0.717, 1.165) is 17.3 Å². The lowest BCUT2D eigenvalue weighted by molar-refractivity contribution is 0.576. The number of nitrogens with two attached hydrogens (primary N) is 1. The third-order valence-electron chi connectivity index (χ3n) is 3.53. The van der Waals surface area contributed by atoms with Crippen molar-refractivity contribution in [3.05, 3.63) is 45.8 Å². The van der Waals surface area contributed by atoms with E-state index in [-0.39, 0.29) is 5.69 Å². The molecule has 2 N–H and O–H groups in total. The molecule has 0 aliphatic rings. The van der Waals surface area contributed by atoms with E-state index < -0.39 is 11.6 Å². The number of rotatable bonds is 1. The third-order valence-corrected chi connectivity index (χ3v) is 4.13. The number of fused-ring (bicyclic) bond motifs is 1. The minimum absolute atomic E-state index is 0.199. The van der Waals surface area contributed by atoms with Crippen LogP contribution in [0.25, 0.3) is 16.7 Å². The first-order valence-corrected chi connectivity index (χ1v) is 6.94. The number of benzene rings is 1. The molecule has 0 aliphatic heterocycles. The predicted octanol–water partition coefficient (Wildman–Crippen LogP) is 3.66. The van der Waals surface area contributed by atoms with Gasteiger partial charge in [-0.25, -0.2) is 18.7 Å². The van der Waals surface area contributed by atoms with E-state index in [9.17, 15) is 8.78 Å². The fraction of sp³-hybridized carbons (Fsp3) is 0.143. The molecule has 0 radical (unpaired) electrons. The highest BCUT2D eigenvalue weighted by atomic mass is 79.9. The van der Waals surface area contributed by atoms with Crippen LogP contribution in [0.1, 0.15) is 11.3 Å². The molecule has 3 aromatic rings. The summed E-state index contributed by atoms with van der Waals surface area (Å²) in [6.07, 6.45) is 1.32. The van der Waals surface area contributed by atoms with Gasteiger partial charge in [-0.1, -0.05) is 0 Å². The van der Waals surface area contributed by atoms with Crippen LogP contribution in [0.4, 0.5) is 14.6 Å². The van der Waals surface area contributed by atoms with Crippen molar-refractivity contribution >= 4 is 32.8 Å². The second-order valence-corrected chi connectivity index (χ2v) is 5.58. The Hall–Kier alpha value is -2.02. The zero-order valence-electron chi connectivity index (χ0n) is 11.3. The van der Waals surface area contributed by atoms with Crippen LogP contribution in [0.15, 0.2) is 22.9 Å². The van der Waals surface area contributed by atoms with E-state index in [1.807, 2.05) is 13.8 Å². The van der Waals surface area contributed by atoms with Crippen molar-refractivity contribution in [1.82, 2.24) is 14.5 Å². The molecule has 0 amide bonds. The van der Waals surface area contributed by atoms with Gasteiger partial charge in [0.05, 0.1) is 11.1 Å². The molecule has 1 aromatic carbocycles. The van der Waals surface area contributed by atoms with E-state index in [0.29, 0.717) is 21.3 Å². The Kier molecular flexibility index (Phi) is 3.16. The minimum Gasteiger partial charge on any atom is -0.383 e. The Bertz CT molecular complexity index is 850. The second-order valence-electron chi connectivity index (χ2n) is 4.72. The number of hydrogen-bond acceptors (Lipinski definition) is 3. The van der Waals surface area contributed by atoms with Crippen molar-refractivity contribution in [2.24, 2.45) is 0 Å². The van der Waals surface area contributed by atoms with Gasteiger partial charge in [0, 0.05) is 16.2 Å². The molecule has 108 valence electrons. The normalized spacial score (nSPS) is 11.3. The summed E-state index contributed by atoms with van der Waals surface area (Å²) < 4.78 is 29.4. The molecule has 21 heavy (non-hydrogen) atoms. The Morgan fingerprint density at radius 2 is 1.90 bits per heavy atom. The highest BCUT2D eigenvalue weighted by molar-refractivity contribution is 9.10. The summed E-state index contributed by atoms with van der Waals surface area (Å²) in [5.41, 5.74) is 8.20. The van der Waals surface area contributed by atoms with Crippen LogP contribution in [-0.4, -0.2) is 14.5 Å². The molecule has 0 spiro atoms. The van der Waals surface area contributed by atoms with Crippen molar-refractivity contribution in [3.8, 4) is 5.69 Å². The first-order valence-electron chi connectivity index (χ1n) is 6.14. The SMILES string of the molecule is Cc1c(C)n(-c2c(F)cc(F)cc2Br)c2ncnc(N)c12. The number of anilines is 1. The van der Waals surface area contributed by atoms with Gasteiger partial charge in [0.1, 0.15) is 18.0 Å². The molecular formula is C14H11BrF2N4. The molecule has 7 heteroatoms. The first-order chi connectivity index (χ1) is 9.91. The monoisotopic (exact) mass is 352 g/mol. The lowest BCUT2D eigenvalue weighted by Crippen LogP contribution is -2.03. The van der Waals surface area contributed by atoms with Gasteiger partial charge in [-0.3, -0.25) is 4.57 Å². The maximum Gasteiger partial charge on any atom is 0.151 e. The number of aromatic nitrogens is 3. The van der Waals surface area contributed by atoms with E-state index in [1.165, 1.54) is 12.4 Å². The summed E-state index contributed by atoms with van der Waals surface area (Å²) >= 11 is 3.21. The predicted molar refractivity (Wildman–Crippen MR) is 80.4 cm³/mol. The van der Waals surface area contributed by atoms with E-state index >= 15 is 0 Å². The maximum absolute atomic E-state index is 14.2. The average molecular weight is 353 g/mol. The quantitative estimate of drug-likeness (QED) is 0.726. The lowest BCUT2D eigenvalue weighted by Gasteiger charge is -2.11. The fourth-order valence-corrected chi connectivity index (χ4v) is 3.03. The number of hydrogen-bond donors (Lipinski definition) is 1. The van der Waals surface area contributed by atoms with Crippen molar-refractivity contribution in [1.29, 1.82) is 0 Å². The van der Waals surface area contributed by atoms with Crippen LogP contribution in [0, 0.1) is 25.5 Å². The molecule has 2 aromatic heterocycles. The second kappa shape index (κ2) is 4.77. The molecule has 0 aliphatic carbocycles. The zero-order valence-corrected chi connectivity index (χ0v) is 12.9. The molecule has 0 unspecified atom stereocenters. The molecule has 0 saturated heterocycles. The van der Waals surface area contributed by atoms with Gasteiger partial charge >= 0.3 is 0 Å². The largest absolute Gasteiger partial charge is 0.383 e. The van der Waals surface area contributed by atoms with Crippen molar-refractivity contribution in [2.75, 3.05) is 5.73 Å². The van der Waals surface area contributed by atoms with Crippen molar-refractivity contribution < 1.29 is 8.78 Å². The maximum atomic E-state index is 14.2. The number of halogens is 3.